The lowest BCUT2D eigenvalue weighted by atomic mass is 10.3. The standard InChI is InChI=1S/C6H16N4O5/c7-12-2-5(1-10-11)15-6(3-13-8)4-14-9/h5-6H,1-4,7-9H2. The molecule has 0 aromatic carbocycles. The Labute approximate surface area is 86.6 Å². The van der Waals surface area contributed by atoms with E-state index in [0.29, 0.717) is 0 Å². The fourth-order valence-electron chi connectivity index (χ4n) is 0.939. The summed E-state index contributed by atoms with van der Waals surface area (Å²) >= 11 is 0. The molecule has 0 aliphatic heterocycles. The van der Waals surface area contributed by atoms with Crippen LogP contribution < -0.4 is 17.7 Å². The van der Waals surface area contributed by atoms with E-state index >= 15 is 0 Å². The van der Waals surface area contributed by atoms with Crippen molar-refractivity contribution in [2.75, 3.05) is 26.4 Å². The van der Waals surface area contributed by atoms with Gasteiger partial charge in [0.2, 0.25) is 0 Å². The van der Waals surface area contributed by atoms with Crippen molar-refractivity contribution < 1.29 is 19.2 Å². The molecule has 0 aromatic rings. The first-order chi connectivity index (χ1) is 7.28. The molecule has 0 fully saturated rings. The molecule has 9 heteroatoms. The van der Waals surface area contributed by atoms with Crippen molar-refractivity contribution in [3.05, 3.63) is 4.91 Å². The van der Waals surface area contributed by atoms with Gasteiger partial charge in [0.1, 0.15) is 18.8 Å². The van der Waals surface area contributed by atoms with E-state index in [9.17, 15) is 4.91 Å². The van der Waals surface area contributed by atoms with E-state index in [4.69, 9.17) is 22.4 Å². The maximum atomic E-state index is 10.0. The lowest BCUT2D eigenvalue weighted by Gasteiger charge is -2.20. The summed E-state index contributed by atoms with van der Waals surface area (Å²) in [7, 11) is 0. The summed E-state index contributed by atoms with van der Waals surface area (Å²) in [5.41, 5.74) is 0. The quantitative estimate of drug-likeness (QED) is 0.290. The van der Waals surface area contributed by atoms with Crippen molar-refractivity contribution >= 4 is 0 Å². The number of nitrogens with zero attached hydrogens (tertiary/aromatic N) is 1. The topological polar surface area (TPSA) is 144 Å². The van der Waals surface area contributed by atoms with Gasteiger partial charge in [0.25, 0.3) is 0 Å². The number of hydrogen-bond donors (Lipinski definition) is 3. The molecule has 0 aromatic heterocycles. The largest absolute Gasteiger partial charge is 0.365 e. The lowest BCUT2D eigenvalue weighted by Crippen LogP contribution is -2.36. The highest BCUT2D eigenvalue weighted by atomic mass is 16.7. The van der Waals surface area contributed by atoms with Crippen molar-refractivity contribution in [1.29, 1.82) is 0 Å². The number of rotatable bonds is 10. The van der Waals surface area contributed by atoms with Crippen LogP contribution in [-0.2, 0) is 19.2 Å². The van der Waals surface area contributed by atoms with Gasteiger partial charge in [-0.05, 0) is 0 Å². The summed E-state index contributed by atoms with van der Waals surface area (Å²) in [6.07, 6.45) is -1.09. The van der Waals surface area contributed by atoms with Crippen molar-refractivity contribution in [2.24, 2.45) is 22.9 Å². The summed E-state index contributed by atoms with van der Waals surface area (Å²) in [6.45, 7) is 0.0640. The van der Waals surface area contributed by atoms with Crippen LogP contribution in [0, 0.1) is 4.91 Å². The maximum absolute atomic E-state index is 10.0. The molecular formula is C6H16N4O5. The van der Waals surface area contributed by atoms with Crippen LogP contribution >= 0.6 is 0 Å². The van der Waals surface area contributed by atoms with Gasteiger partial charge < -0.3 is 19.2 Å². The molecular weight excluding hydrogens is 208 g/mol. The molecule has 0 heterocycles. The third kappa shape index (κ3) is 7.27. The molecule has 0 bridgehead atoms. The number of ether oxygens (including phenoxy) is 1. The zero-order valence-corrected chi connectivity index (χ0v) is 8.20. The van der Waals surface area contributed by atoms with E-state index in [1.165, 1.54) is 0 Å². The average molecular weight is 224 g/mol. The second kappa shape index (κ2) is 9.86. The van der Waals surface area contributed by atoms with Gasteiger partial charge in [0.15, 0.2) is 0 Å². The van der Waals surface area contributed by atoms with E-state index in [-0.39, 0.29) is 26.4 Å². The minimum atomic E-state index is -0.581. The molecule has 15 heavy (non-hydrogen) atoms. The molecule has 0 spiro atoms. The molecule has 0 aliphatic carbocycles. The van der Waals surface area contributed by atoms with Crippen LogP contribution in [0.25, 0.3) is 0 Å². The molecule has 0 radical (unpaired) electrons. The van der Waals surface area contributed by atoms with Crippen LogP contribution in [0.1, 0.15) is 0 Å². The van der Waals surface area contributed by atoms with Crippen LogP contribution in [0.5, 0.6) is 0 Å². The number of nitrogens with two attached hydrogens (primary N) is 3. The van der Waals surface area contributed by atoms with Crippen molar-refractivity contribution in [3.8, 4) is 0 Å². The Hall–Kier alpha value is -0.680. The highest BCUT2D eigenvalue weighted by Crippen LogP contribution is 2.01. The minimum absolute atomic E-state index is 0.0252. The van der Waals surface area contributed by atoms with Crippen molar-refractivity contribution in [2.45, 2.75) is 12.2 Å². The van der Waals surface area contributed by atoms with E-state index < -0.39 is 12.2 Å². The molecule has 6 N–H and O–H groups in total. The zero-order valence-electron chi connectivity index (χ0n) is 8.20. The fourth-order valence-corrected chi connectivity index (χ4v) is 0.939. The summed E-state index contributed by atoms with van der Waals surface area (Å²) in [5, 5.41) is 2.67. The van der Waals surface area contributed by atoms with Crippen LogP contribution in [0.4, 0.5) is 0 Å². The van der Waals surface area contributed by atoms with Crippen LogP contribution in [0.15, 0.2) is 5.18 Å². The predicted molar refractivity (Wildman–Crippen MR) is 49.7 cm³/mol. The maximum Gasteiger partial charge on any atom is 0.110 e. The lowest BCUT2D eigenvalue weighted by molar-refractivity contribution is -0.109. The summed E-state index contributed by atoms with van der Waals surface area (Å²) in [4.78, 5) is 23.1. The van der Waals surface area contributed by atoms with Gasteiger partial charge in [-0.25, -0.2) is 17.7 Å². The SMILES string of the molecule is NOCC(CN=O)OC(CON)CON. The fraction of sp³-hybridized carbons (Fsp3) is 1.00. The molecule has 0 amide bonds. The normalized spacial score (nSPS) is 13.1. The number of nitroso groups, excluding NO2 is 1. The monoisotopic (exact) mass is 224 g/mol. The molecule has 0 aliphatic rings. The molecule has 9 nitrogen and oxygen atoms in total. The Morgan fingerprint density at radius 2 is 1.40 bits per heavy atom. The second-order valence-electron chi connectivity index (χ2n) is 2.69. The minimum Gasteiger partial charge on any atom is -0.365 e. The number of hydrogen-bond acceptors (Lipinski definition) is 9. The highest BCUT2D eigenvalue weighted by molar-refractivity contribution is 4.64. The Morgan fingerprint density at radius 3 is 1.80 bits per heavy atom. The summed E-state index contributed by atoms with van der Waals surface area (Å²) < 4.78 is 5.30. The van der Waals surface area contributed by atoms with Gasteiger partial charge >= 0.3 is 0 Å². The molecule has 0 saturated carbocycles. The van der Waals surface area contributed by atoms with E-state index in [0.717, 1.165) is 0 Å². The first kappa shape index (κ1) is 14.3. The van der Waals surface area contributed by atoms with Gasteiger partial charge in [-0.15, -0.1) is 0 Å². The van der Waals surface area contributed by atoms with Gasteiger partial charge in [-0.2, -0.15) is 4.91 Å². The van der Waals surface area contributed by atoms with E-state index in [1.807, 2.05) is 0 Å². The zero-order chi connectivity index (χ0) is 11.5. The average Bonchev–Trinajstić information content (AvgIpc) is 2.19. The van der Waals surface area contributed by atoms with Crippen molar-refractivity contribution in [1.82, 2.24) is 0 Å². The molecule has 0 rings (SSSR count). The summed E-state index contributed by atoms with van der Waals surface area (Å²) in [5.74, 6) is 14.6. The van der Waals surface area contributed by atoms with Crippen LogP contribution in [0.2, 0.25) is 0 Å². The Kier molecular flexibility index (Phi) is 9.41. The van der Waals surface area contributed by atoms with Gasteiger partial charge in [0.05, 0.1) is 19.8 Å². The van der Waals surface area contributed by atoms with Crippen LogP contribution in [-0.4, -0.2) is 38.6 Å². The Bertz CT molecular complexity index is 154. The smallest absolute Gasteiger partial charge is 0.110 e. The van der Waals surface area contributed by atoms with Crippen LogP contribution in [0.3, 0.4) is 0 Å². The third-order valence-electron chi connectivity index (χ3n) is 1.51. The van der Waals surface area contributed by atoms with E-state index in [1.54, 1.807) is 0 Å². The second-order valence-corrected chi connectivity index (χ2v) is 2.69. The van der Waals surface area contributed by atoms with Crippen molar-refractivity contribution in [3.63, 3.8) is 0 Å². The molecule has 90 valence electrons. The van der Waals surface area contributed by atoms with E-state index in [2.05, 4.69) is 19.7 Å². The predicted octanol–water partition coefficient (Wildman–Crippen LogP) is -1.82. The Balaban J connectivity index is 3.99. The molecule has 0 saturated heterocycles. The first-order valence-corrected chi connectivity index (χ1v) is 4.18. The summed E-state index contributed by atoms with van der Waals surface area (Å²) in [6, 6.07) is 0. The van der Waals surface area contributed by atoms with Gasteiger partial charge in [0, 0.05) is 0 Å². The first-order valence-electron chi connectivity index (χ1n) is 4.18. The molecule has 1 atom stereocenters. The van der Waals surface area contributed by atoms with Gasteiger partial charge in [-0.3, -0.25) is 0 Å². The molecule has 1 unspecified atom stereocenters. The van der Waals surface area contributed by atoms with Gasteiger partial charge in [-0.1, -0.05) is 5.18 Å². The third-order valence-corrected chi connectivity index (χ3v) is 1.51. The Morgan fingerprint density at radius 1 is 0.933 bits per heavy atom. The highest BCUT2D eigenvalue weighted by Gasteiger charge is 2.17.